The van der Waals surface area contributed by atoms with Gasteiger partial charge in [-0.25, -0.2) is 8.91 Å². The fraction of sp³-hybridized carbons (Fsp3) is 0.100. The first-order valence-electron chi connectivity index (χ1n) is 8.14. The molecule has 0 amide bonds. The zero-order chi connectivity index (χ0) is 17.2. The molecule has 0 unspecified atom stereocenters. The fourth-order valence-electron chi connectivity index (χ4n) is 3.02. The van der Waals surface area contributed by atoms with Crippen molar-refractivity contribution in [3.05, 3.63) is 78.5 Å². The van der Waals surface area contributed by atoms with Gasteiger partial charge >= 0.3 is 0 Å². The lowest BCUT2D eigenvalue weighted by atomic mass is 10.0. The summed E-state index contributed by atoms with van der Waals surface area (Å²) >= 11 is 0. The van der Waals surface area contributed by atoms with Crippen LogP contribution in [0.25, 0.3) is 27.9 Å². The van der Waals surface area contributed by atoms with Gasteiger partial charge in [-0.05, 0) is 66.6 Å². The van der Waals surface area contributed by atoms with E-state index in [1.807, 2.05) is 22.8 Å². The largest absolute Gasteiger partial charge is 0.330 e. The molecular weight excluding hydrogens is 315 g/mol. The number of hydrogen-bond donors (Lipinski definition) is 1. The highest BCUT2D eigenvalue weighted by atomic mass is 19.1. The summed E-state index contributed by atoms with van der Waals surface area (Å²) in [5.74, 6) is -0.261. The highest BCUT2D eigenvalue weighted by Gasteiger charge is 2.16. The molecule has 0 atom stereocenters. The number of fused-ring (bicyclic) bond motifs is 1. The van der Waals surface area contributed by atoms with Gasteiger partial charge in [0.1, 0.15) is 11.5 Å². The Hall–Kier alpha value is -3.05. The fourth-order valence-corrected chi connectivity index (χ4v) is 3.02. The Morgan fingerprint density at radius 3 is 2.40 bits per heavy atom. The van der Waals surface area contributed by atoms with Crippen molar-refractivity contribution in [3.8, 4) is 22.4 Å². The van der Waals surface area contributed by atoms with Crippen molar-refractivity contribution in [1.82, 2.24) is 14.6 Å². The molecule has 4 rings (SSSR count). The Bertz CT molecular complexity index is 1010. The van der Waals surface area contributed by atoms with Crippen LogP contribution in [-0.2, 0) is 6.42 Å². The van der Waals surface area contributed by atoms with Gasteiger partial charge < -0.3 is 5.73 Å². The highest BCUT2D eigenvalue weighted by Crippen LogP contribution is 2.35. The molecule has 4 aromatic rings. The Kier molecular flexibility index (Phi) is 3.99. The summed E-state index contributed by atoms with van der Waals surface area (Å²) in [6, 6.07) is 14.5. The number of pyridine rings is 2. The molecule has 0 bridgehead atoms. The first kappa shape index (κ1) is 15.5. The van der Waals surface area contributed by atoms with Crippen molar-refractivity contribution in [2.24, 2.45) is 5.73 Å². The van der Waals surface area contributed by atoms with E-state index in [4.69, 9.17) is 10.8 Å². The molecule has 0 fully saturated rings. The van der Waals surface area contributed by atoms with Crippen LogP contribution in [0, 0.1) is 5.82 Å². The molecule has 2 N–H and O–H groups in total. The third-order valence-corrected chi connectivity index (χ3v) is 4.21. The average molecular weight is 332 g/mol. The van der Waals surface area contributed by atoms with Crippen molar-refractivity contribution < 1.29 is 4.39 Å². The van der Waals surface area contributed by atoms with Gasteiger partial charge in [0, 0.05) is 29.7 Å². The van der Waals surface area contributed by atoms with Crippen LogP contribution in [0.2, 0.25) is 0 Å². The van der Waals surface area contributed by atoms with Gasteiger partial charge in [0.25, 0.3) is 0 Å². The molecule has 3 aromatic heterocycles. The predicted molar refractivity (Wildman–Crippen MR) is 96.6 cm³/mol. The number of aromatic nitrogens is 3. The van der Waals surface area contributed by atoms with Crippen molar-refractivity contribution in [2.75, 3.05) is 6.54 Å². The van der Waals surface area contributed by atoms with E-state index >= 15 is 0 Å². The number of halogens is 1. The molecule has 0 saturated heterocycles. The lowest BCUT2D eigenvalue weighted by molar-refractivity contribution is 0.628. The Balaban J connectivity index is 1.98. The number of hydrogen-bond acceptors (Lipinski definition) is 3. The molecular formula is C20H17FN4. The topological polar surface area (TPSA) is 56.2 Å². The Morgan fingerprint density at radius 1 is 0.920 bits per heavy atom. The summed E-state index contributed by atoms with van der Waals surface area (Å²) in [5.41, 5.74) is 11.5. The van der Waals surface area contributed by atoms with Gasteiger partial charge in [0.2, 0.25) is 0 Å². The van der Waals surface area contributed by atoms with Gasteiger partial charge in [0.15, 0.2) is 0 Å². The minimum atomic E-state index is -0.261. The summed E-state index contributed by atoms with van der Waals surface area (Å²) in [6.45, 7) is 0.592. The van der Waals surface area contributed by atoms with E-state index in [2.05, 4.69) is 17.1 Å². The minimum Gasteiger partial charge on any atom is -0.330 e. The maximum atomic E-state index is 13.3. The van der Waals surface area contributed by atoms with Crippen LogP contribution in [0.5, 0.6) is 0 Å². The second kappa shape index (κ2) is 6.45. The summed E-state index contributed by atoms with van der Waals surface area (Å²) in [5, 5.41) is 4.76. The Morgan fingerprint density at radius 2 is 1.68 bits per heavy atom. The van der Waals surface area contributed by atoms with Crippen LogP contribution >= 0.6 is 0 Å². The molecule has 0 saturated carbocycles. The number of rotatable bonds is 4. The predicted octanol–water partition coefficient (Wildman–Crippen LogP) is 3.70. The molecule has 5 heteroatoms. The summed E-state index contributed by atoms with van der Waals surface area (Å²) in [7, 11) is 0. The van der Waals surface area contributed by atoms with E-state index in [9.17, 15) is 4.39 Å². The molecule has 124 valence electrons. The van der Waals surface area contributed by atoms with Crippen molar-refractivity contribution in [3.63, 3.8) is 0 Å². The van der Waals surface area contributed by atoms with Crippen LogP contribution in [0.15, 0.2) is 67.1 Å². The van der Waals surface area contributed by atoms with E-state index in [0.29, 0.717) is 6.54 Å². The van der Waals surface area contributed by atoms with Crippen molar-refractivity contribution in [1.29, 1.82) is 0 Å². The first-order chi connectivity index (χ1) is 12.3. The van der Waals surface area contributed by atoms with Crippen LogP contribution in [0.1, 0.15) is 5.56 Å². The van der Waals surface area contributed by atoms with Crippen molar-refractivity contribution in [2.45, 2.75) is 6.42 Å². The van der Waals surface area contributed by atoms with E-state index in [0.717, 1.165) is 39.9 Å². The summed E-state index contributed by atoms with van der Waals surface area (Å²) < 4.78 is 15.2. The maximum Gasteiger partial charge on any atom is 0.123 e. The maximum absolute atomic E-state index is 13.3. The van der Waals surface area contributed by atoms with Crippen LogP contribution in [0.3, 0.4) is 0 Å². The number of nitrogens with two attached hydrogens (primary N) is 1. The minimum absolute atomic E-state index is 0.261. The number of benzene rings is 1. The highest BCUT2D eigenvalue weighted by molar-refractivity contribution is 5.92. The summed E-state index contributed by atoms with van der Waals surface area (Å²) in [6.07, 6.45) is 6.32. The molecule has 0 aliphatic carbocycles. The van der Waals surface area contributed by atoms with Crippen molar-refractivity contribution >= 4 is 5.52 Å². The van der Waals surface area contributed by atoms with Gasteiger partial charge in [-0.2, -0.15) is 5.10 Å². The molecule has 0 aliphatic heterocycles. The quantitative estimate of drug-likeness (QED) is 0.620. The van der Waals surface area contributed by atoms with E-state index in [-0.39, 0.29) is 5.82 Å². The van der Waals surface area contributed by atoms with Crippen LogP contribution in [0.4, 0.5) is 4.39 Å². The molecule has 4 nitrogen and oxygen atoms in total. The normalized spacial score (nSPS) is 11.1. The molecule has 25 heavy (non-hydrogen) atoms. The number of nitrogens with zero attached hydrogens (tertiary/aromatic N) is 3. The molecule has 3 heterocycles. The molecule has 0 aliphatic rings. The SMILES string of the molecule is NCCc1ccc2c(-c3ccncc3)c(-c3ccc(F)cc3)nn2c1. The standard InChI is InChI=1S/C20H17FN4/c21-17-4-2-16(3-5-17)20-19(15-8-11-23-12-9-15)18-6-1-14(7-10-22)13-25(18)24-20/h1-6,8-9,11-13H,7,10,22H2. The van der Waals surface area contributed by atoms with Gasteiger partial charge in [-0.3, -0.25) is 4.98 Å². The van der Waals surface area contributed by atoms with Crippen LogP contribution < -0.4 is 5.73 Å². The Labute approximate surface area is 144 Å². The lowest BCUT2D eigenvalue weighted by Crippen LogP contribution is -2.03. The molecule has 0 spiro atoms. The zero-order valence-corrected chi connectivity index (χ0v) is 13.6. The third kappa shape index (κ3) is 2.90. The monoisotopic (exact) mass is 332 g/mol. The lowest BCUT2D eigenvalue weighted by Gasteiger charge is -2.04. The molecule has 0 radical (unpaired) electrons. The van der Waals surface area contributed by atoms with Gasteiger partial charge in [0.05, 0.1) is 5.52 Å². The van der Waals surface area contributed by atoms with Crippen LogP contribution in [-0.4, -0.2) is 21.1 Å². The summed E-state index contributed by atoms with van der Waals surface area (Å²) in [4.78, 5) is 4.10. The first-order valence-corrected chi connectivity index (χ1v) is 8.14. The third-order valence-electron chi connectivity index (χ3n) is 4.21. The second-order valence-corrected chi connectivity index (χ2v) is 5.87. The van der Waals surface area contributed by atoms with E-state index in [1.54, 1.807) is 24.5 Å². The second-order valence-electron chi connectivity index (χ2n) is 5.87. The molecule has 1 aromatic carbocycles. The van der Waals surface area contributed by atoms with E-state index < -0.39 is 0 Å². The average Bonchev–Trinajstić information content (AvgIpc) is 3.02. The van der Waals surface area contributed by atoms with E-state index in [1.165, 1.54) is 12.1 Å². The van der Waals surface area contributed by atoms with Gasteiger partial charge in [-0.15, -0.1) is 0 Å². The van der Waals surface area contributed by atoms with Gasteiger partial charge in [-0.1, -0.05) is 6.07 Å². The zero-order valence-electron chi connectivity index (χ0n) is 13.6. The smallest absolute Gasteiger partial charge is 0.123 e.